The van der Waals surface area contributed by atoms with Gasteiger partial charge in [-0.2, -0.15) is 0 Å². The second kappa shape index (κ2) is 13.0. The van der Waals surface area contributed by atoms with Crippen LogP contribution < -0.4 is 0 Å². The summed E-state index contributed by atoms with van der Waals surface area (Å²) in [4.78, 5) is 0. The molecule has 140 valence electrons. The fourth-order valence-electron chi connectivity index (χ4n) is 3.87. The third kappa shape index (κ3) is 7.63. The van der Waals surface area contributed by atoms with Crippen molar-refractivity contribution in [1.82, 2.24) is 0 Å². The highest BCUT2D eigenvalue weighted by atomic mass is 14.1. The first kappa shape index (κ1) is 21.7. The average Bonchev–Trinajstić information content (AvgIpc) is 2.62. The van der Waals surface area contributed by atoms with Gasteiger partial charge in [-0.3, -0.25) is 0 Å². The molecule has 0 aliphatic carbocycles. The van der Waals surface area contributed by atoms with Crippen molar-refractivity contribution in [2.45, 2.75) is 91.9 Å². The molecule has 0 aromatic heterocycles. The van der Waals surface area contributed by atoms with Gasteiger partial charge >= 0.3 is 0 Å². The van der Waals surface area contributed by atoms with Gasteiger partial charge in [0, 0.05) is 0 Å². The van der Waals surface area contributed by atoms with Gasteiger partial charge in [-0.05, 0) is 54.4 Å². The molecule has 1 unspecified atom stereocenters. The predicted octanol–water partition coefficient (Wildman–Crippen LogP) is 8.16. The summed E-state index contributed by atoms with van der Waals surface area (Å²) in [6.45, 7) is 13.0. The summed E-state index contributed by atoms with van der Waals surface area (Å²) < 4.78 is 0. The zero-order valence-corrected chi connectivity index (χ0v) is 17.2. The molecule has 1 aromatic carbocycles. The van der Waals surface area contributed by atoms with E-state index >= 15 is 0 Å². The van der Waals surface area contributed by atoms with Crippen LogP contribution in [0.5, 0.6) is 0 Å². The summed E-state index contributed by atoms with van der Waals surface area (Å²) in [6.07, 6.45) is 17.4. The van der Waals surface area contributed by atoms with Crippen molar-refractivity contribution >= 4 is 5.57 Å². The van der Waals surface area contributed by atoms with Gasteiger partial charge in [0.05, 0.1) is 0 Å². The monoisotopic (exact) mass is 340 g/mol. The van der Waals surface area contributed by atoms with E-state index in [1.54, 1.807) is 11.1 Å². The van der Waals surface area contributed by atoms with E-state index in [4.69, 9.17) is 0 Å². The van der Waals surface area contributed by atoms with Crippen LogP contribution >= 0.6 is 0 Å². The molecule has 1 atom stereocenters. The molecule has 0 heteroatoms. The highest BCUT2D eigenvalue weighted by Gasteiger charge is 2.09. The molecule has 0 amide bonds. The molecule has 0 aliphatic rings. The van der Waals surface area contributed by atoms with Crippen LogP contribution in [0, 0.1) is 5.92 Å². The lowest BCUT2D eigenvalue weighted by atomic mass is 9.89. The Morgan fingerprint density at radius 1 is 0.920 bits per heavy atom. The third-order valence-electron chi connectivity index (χ3n) is 5.31. The zero-order chi connectivity index (χ0) is 18.5. The number of rotatable bonds is 13. The fourth-order valence-corrected chi connectivity index (χ4v) is 3.87. The molecule has 0 nitrogen and oxygen atoms in total. The summed E-state index contributed by atoms with van der Waals surface area (Å²) in [5.74, 6) is 0.939. The van der Waals surface area contributed by atoms with Gasteiger partial charge in [0.2, 0.25) is 0 Å². The second-order valence-corrected chi connectivity index (χ2v) is 7.37. The van der Waals surface area contributed by atoms with Crippen LogP contribution in [-0.2, 0) is 12.8 Å². The number of unbranched alkanes of at least 4 members (excludes halogenated alkanes) is 1. The maximum atomic E-state index is 3.95. The Balaban J connectivity index is 2.74. The van der Waals surface area contributed by atoms with Crippen LogP contribution in [0.3, 0.4) is 0 Å². The quantitative estimate of drug-likeness (QED) is 0.318. The van der Waals surface area contributed by atoms with E-state index in [1.807, 2.05) is 6.08 Å². The smallest absolute Gasteiger partial charge is 0.0185 e. The van der Waals surface area contributed by atoms with Gasteiger partial charge in [-0.15, -0.1) is 0 Å². The number of benzene rings is 1. The molecule has 0 aliphatic heterocycles. The molecule has 0 saturated carbocycles. The minimum atomic E-state index is 0.939. The van der Waals surface area contributed by atoms with Crippen molar-refractivity contribution < 1.29 is 0 Å². The first-order valence-corrected chi connectivity index (χ1v) is 10.6. The van der Waals surface area contributed by atoms with Crippen LogP contribution in [0.25, 0.3) is 5.57 Å². The lowest BCUT2D eigenvalue weighted by molar-refractivity contribution is 0.392. The van der Waals surface area contributed by atoms with Crippen molar-refractivity contribution in [3.8, 4) is 0 Å². The van der Waals surface area contributed by atoms with E-state index in [1.165, 1.54) is 75.3 Å². The minimum absolute atomic E-state index is 0.939. The van der Waals surface area contributed by atoms with Crippen LogP contribution in [0.4, 0.5) is 0 Å². The van der Waals surface area contributed by atoms with Gasteiger partial charge in [0.25, 0.3) is 0 Å². The molecule has 1 rings (SSSR count). The van der Waals surface area contributed by atoms with Crippen molar-refractivity contribution in [1.29, 1.82) is 0 Å². The van der Waals surface area contributed by atoms with E-state index in [0.717, 1.165) is 5.92 Å². The molecule has 0 radical (unpaired) electrons. The third-order valence-corrected chi connectivity index (χ3v) is 5.31. The number of hydrogen-bond donors (Lipinski definition) is 0. The number of aryl methyl sites for hydroxylation is 2. The maximum absolute atomic E-state index is 3.95. The van der Waals surface area contributed by atoms with Crippen LogP contribution in [-0.4, -0.2) is 0 Å². The van der Waals surface area contributed by atoms with Gasteiger partial charge in [0.1, 0.15) is 0 Å². The van der Waals surface area contributed by atoms with E-state index < -0.39 is 0 Å². The Morgan fingerprint density at radius 3 is 2.28 bits per heavy atom. The van der Waals surface area contributed by atoms with E-state index in [2.05, 4.69) is 58.5 Å². The lowest BCUT2D eigenvalue weighted by Crippen LogP contribution is -2.03. The number of hydrogen-bond acceptors (Lipinski definition) is 0. The van der Waals surface area contributed by atoms with Crippen molar-refractivity contribution in [2.24, 2.45) is 5.92 Å². The maximum Gasteiger partial charge on any atom is -0.0185 e. The van der Waals surface area contributed by atoms with Crippen LogP contribution in [0.2, 0.25) is 0 Å². The Morgan fingerprint density at radius 2 is 1.68 bits per heavy atom. The second-order valence-electron chi connectivity index (χ2n) is 7.37. The molecule has 0 heterocycles. The van der Waals surface area contributed by atoms with Gasteiger partial charge in [-0.1, -0.05) is 103 Å². The molecule has 0 saturated heterocycles. The molecule has 0 spiro atoms. The number of allylic oxidation sites excluding steroid dienone is 3. The predicted molar refractivity (Wildman–Crippen MR) is 115 cm³/mol. The Labute approximate surface area is 157 Å². The van der Waals surface area contributed by atoms with E-state index in [-0.39, 0.29) is 0 Å². The summed E-state index contributed by atoms with van der Waals surface area (Å²) in [7, 11) is 0. The minimum Gasteiger partial charge on any atom is -0.0985 e. The first-order chi connectivity index (χ1) is 12.2. The Kier molecular flexibility index (Phi) is 11.3. The van der Waals surface area contributed by atoms with Crippen LogP contribution in [0.15, 0.2) is 36.9 Å². The van der Waals surface area contributed by atoms with Crippen molar-refractivity contribution in [3.05, 3.63) is 53.6 Å². The zero-order valence-electron chi connectivity index (χ0n) is 17.2. The average molecular weight is 341 g/mol. The van der Waals surface area contributed by atoms with Gasteiger partial charge in [-0.25, -0.2) is 0 Å². The van der Waals surface area contributed by atoms with Crippen molar-refractivity contribution in [2.75, 3.05) is 0 Å². The first-order valence-electron chi connectivity index (χ1n) is 10.6. The van der Waals surface area contributed by atoms with Gasteiger partial charge in [0.15, 0.2) is 0 Å². The van der Waals surface area contributed by atoms with E-state index in [0.29, 0.717) is 0 Å². The SMILES string of the molecule is C=C/C(=C\C)c1ccc(CCCC(CCC)CCCC)c(CCC)c1. The summed E-state index contributed by atoms with van der Waals surface area (Å²) in [6, 6.07) is 7.05. The molecule has 1 aromatic rings. The highest BCUT2D eigenvalue weighted by Crippen LogP contribution is 2.25. The lowest BCUT2D eigenvalue weighted by Gasteiger charge is -2.17. The molecule has 0 N–H and O–H groups in total. The Hall–Kier alpha value is -1.30. The standard InChI is InChI=1S/C25H40/c1-6-11-15-21(13-7-2)16-12-17-23-18-19-25(22(9-4)10-5)20-24(23)14-8-3/h9-10,18-21H,4,6-8,11-17H2,1-3,5H3/b22-10+. The van der Waals surface area contributed by atoms with Crippen molar-refractivity contribution in [3.63, 3.8) is 0 Å². The van der Waals surface area contributed by atoms with Crippen LogP contribution in [0.1, 0.15) is 95.8 Å². The molecular formula is C25H40. The molecule has 0 bridgehead atoms. The summed E-state index contributed by atoms with van der Waals surface area (Å²) in [5.41, 5.74) is 5.67. The van der Waals surface area contributed by atoms with E-state index in [9.17, 15) is 0 Å². The normalized spacial score (nSPS) is 13.0. The summed E-state index contributed by atoms with van der Waals surface area (Å²) >= 11 is 0. The molecular weight excluding hydrogens is 300 g/mol. The molecule has 25 heavy (non-hydrogen) atoms. The van der Waals surface area contributed by atoms with Gasteiger partial charge < -0.3 is 0 Å². The highest BCUT2D eigenvalue weighted by molar-refractivity contribution is 5.73. The molecule has 0 fully saturated rings. The summed E-state index contributed by atoms with van der Waals surface area (Å²) in [5, 5.41) is 0. The largest absolute Gasteiger partial charge is 0.0985 e. The topological polar surface area (TPSA) is 0 Å². The fraction of sp³-hybridized carbons (Fsp3) is 0.600. The Bertz CT molecular complexity index is 521.